The number of hydrogen-bond acceptors (Lipinski definition) is 3. The predicted molar refractivity (Wildman–Crippen MR) is 58.8 cm³/mol. The minimum atomic E-state index is -0.459. The number of nitrogens with one attached hydrogen (secondary N) is 1. The van der Waals surface area contributed by atoms with Crippen LogP contribution in [0.4, 0.5) is 0 Å². The molecule has 0 bridgehead atoms. The van der Waals surface area contributed by atoms with E-state index in [1.807, 2.05) is 0 Å². The van der Waals surface area contributed by atoms with Crippen molar-refractivity contribution in [3.63, 3.8) is 0 Å². The SMILES string of the molecule is CC(C)(C)CCCCCc1noc(=O)[nH]1. The van der Waals surface area contributed by atoms with Crippen LogP contribution in [0, 0.1) is 5.41 Å². The molecule has 0 amide bonds. The van der Waals surface area contributed by atoms with Gasteiger partial charge in [-0.25, -0.2) is 4.79 Å². The van der Waals surface area contributed by atoms with Gasteiger partial charge in [-0.05, 0) is 18.3 Å². The van der Waals surface area contributed by atoms with Gasteiger partial charge in [0.1, 0.15) is 0 Å². The second-order valence-corrected chi connectivity index (χ2v) is 5.16. The summed E-state index contributed by atoms with van der Waals surface area (Å²) in [6.07, 6.45) is 5.49. The summed E-state index contributed by atoms with van der Waals surface area (Å²) in [6.45, 7) is 6.76. The van der Waals surface area contributed by atoms with Gasteiger partial charge in [-0.15, -0.1) is 0 Å². The molecule has 0 aromatic carbocycles. The van der Waals surface area contributed by atoms with E-state index in [0.717, 1.165) is 12.8 Å². The molecule has 0 atom stereocenters. The van der Waals surface area contributed by atoms with Crippen LogP contribution in [0.2, 0.25) is 0 Å². The van der Waals surface area contributed by atoms with Crippen molar-refractivity contribution in [2.45, 2.75) is 52.9 Å². The second-order valence-electron chi connectivity index (χ2n) is 5.16. The highest BCUT2D eigenvalue weighted by molar-refractivity contribution is 4.77. The molecule has 4 heteroatoms. The molecule has 0 aliphatic rings. The average molecular weight is 212 g/mol. The Morgan fingerprint density at radius 2 is 2.00 bits per heavy atom. The molecule has 0 saturated heterocycles. The summed E-state index contributed by atoms with van der Waals surface area (Å²) in [5, 5.41) is 3.62. The molecule has 1 rings (SSSR count). The van der Waals surface area contributed by atoms with Crippen LogP contribution in [0.15, 0.2) is 9.32 Å². The van der Waals surface area contributed by atoms with Gasteiger partial charge in [0.25, 0.3) is 0 Å². The zero-order valence-corrected chi connectivity index (χ0v) is 9.80. The van der Waals surface area contributed by atoms with Gasteiger partial charge < -0.3 is 0 Å². The fraction of sp³-hybridized carbons (Fsp3) is 0.818. The summed E-state index contributed by atoms with van der Waals surface area (Å²) in [7, 11) is 0. The van der Waals surface area contributed by atoms with Crippen LogP contribution < -0.4 is 5.76 Å². The van der Waals surface area contributed by atoms with Gasteiger partial charge in [-0.1, -0.05) is 38.8 Å². The highest BCUT2D eigenvalue weighted by Crippen LogP contribution is 2.22. The van der Waals surface area contributed by atoms with E-state index in [0.29, 0.717) is 11.2 Å². The first-order valence-corrected chi connectivity index (χ1v) is 5.52. The second kappa shape index (κ2) is 5.14. The van der Waals surface area contributed by atoms with Gasteiger partial charge in [0.05, 0.1) is 0 Å². The molecule has 0 saturated carbocycles. The molecule has 86 valence electrons. The summed E-state index contributed by atoms with van der Waals surface area (Å²) >= 11 is 0. The lowest BCUT2D eigenvalue weighted by Crippen LogP contribution is -2.04. The van der Waals surface area contributed by atoms with Crippen molar-refractivity contribution < 1.29 is 4.52 Å². The predicted octanol–water partition coefficient (Wildman–Crippen LogP) is 2.51. The molecule has 1 aromatic heterocycles. The van der Waals surface area contributed by atoms with Crippen LogP contribution in [-0.4, -0.2) is 10.1 Å². The van der Waals surface area contributed by atoms with E-state index < -0.39 is 5.76 Å². The Balaban J connectivity index is 2.10. The van der Waals surface area contributed by atoms with Crippen molar-refractivity contribution in [1.82, 2.24) is 10.1 Å². The quantitative estimate of drug-likeness (QED) is 0.763. The molecule has 0 aliphatic heterocycles. The van der Waals surface area contributed by atoms with E-state index in [9.17, 15) is 4.79 Å². The Morgan fingerprint density at radius 1 is 1.27 bits per heavy atom. The van der Waals surface area contributed by atoms with E-state index in [4.69, 9.17) is 0 Å². The first kappa shape index (κ1) is 12.0. The standard InChI is InChI=1S/C11H20N2O2/c1-11(2,3)8-6-4-5-7-9-12-10(14)15-13-9/h4-8H2,1-3H3,(H,12,13,14). The zero-order chi connectivity index (χ0) is 11.3. The smallest absolute Gasteiger partial charge is 0.296 e. The van der Waals surface area contributed by atoms with Crippen molar-refractivity contribution in [3.8, 4) is 0 Å². The third kappa shape index (κ3) is 5.40. The number of nitrogens with zero attached hydrogens (tertiary/aromatic N) is 1. The van der Waals surface area contributed by atoms with Crippen LogP contribution in [0.3, 0.4) is 0 Å². The van der Waals surface area contributed by atoms with Gasteiger partial charge in [0.15, 0.2) is 5.82 Å². The van der Waals surface area contributed by atoms with Gasteiger partial charge in [-0.3, -0.25) is 9.51 Å². The molecule has 1 heterocycles. The molecule has 0 fully saturated rings. The molecular weight excluding hydrogens is 192 g/mol. The first-order valence-electron chi connectivity index (χ1n) is 5.52. The van der Waals surface area contributed by atoms with E-state index in [-0.39, 0.29) is 0 Å². The Labute approximate surface area is 90.1 Å². The Kier molecular flexibility index (Phi) is 4.12. The summed E-state index contributed by atoms with van der Waals surface area (Å²) < 4.78 is 4.41. The monoisotopic (exact) mass is 212 g/mol. The van der Waals surface area contributed by atoms with E-state index in [2.05, 4.69) is 35.4 Å². The summed E-state index contributed by atoms with van der Waals surface area (Å²) in [6, 6.07) is 0. The highest BCUT2D eigenvalue weighted by Gasteiger charge is 2.09. The van der Waals surface area contributed by atoms with Crippen LogP contribution in [0.1, 0.15) is 52.3 Å². The van der Waals surface area contributed by atoms with Crippen LogP contribution in [-0.2, 0) is 6.42 Å². The maximum Gasteiger partial charge on any atom is 0.438 e. The summed E-state index contributed by atoms with van der Waals surface area (Å²) in [5.74, 6) is 0.204. The molecule has 0 aliphatic carbocycles. The number of H-pyrrole nitrogens is 1. The topological polar surface area (TPSA) is 58.9 Å². The van der Waals surface area contributed by atoms with Crippen molar-refractivity contribution in [1.29, 1.82) is 0 Å². The van der Waals surface area contributed by atoms with Crippen molar-refractivity contribution in [3.05, 3.63) is 16.4 Å². The zero-order valence-electron chi connectivity index (χ0n) is 9.80. The molecule has 1 aromatic rings. The van der Waals surface area contributed by atoms with Gasteiger partial charge >= 0.3 is 5.76 Å². The molecule has 0 unspecified atom stereocenters. The van der Waals surface area contributed by atoms with Gasteiger partial charge in [-0.2, -0.15) is 0 Å². The maximum absolute atomic E-state index is 10.6. The van der Waals surface area contributed by atoms with E-state index >= 15 is 0 Å². The molecular formula is C11H20N2O2. The van der Waals surface area contributed by atoms with Gasteiger partial charge in [0, 0.05) is 6.42 Å². The lowest BCUT2D eigenvalue weighted by molar-refractivity contribution is 0.356. The molecule has 15 heavy (non-hydrogen) atoms. The Hall–Kier alpha value is -1.06. The molecule has 0 radical (unpaired) electrons. The fourth-order valence-corrected chi connectivity index (χ4v) is 1.49. The minimum Gasteiger partial charge on any atom is -0.296 e. The number of aromatic nitrogens is 2. The van der Waals surface area contributed by atoms with Crippen LogP contribution >= 0.6 is 0 Å². The van der Waals surface area contributed by atoms with Crippen LogP contribution in [0.5, 0.6) is 0 Å². The first-order chi connectivity index (χ1) is 6.97. The number of aryl methyl sites for hydroxylation is 1. The summed E-state index contributed by atoms with van der Waals surface area (Å²) in [5.41, 5.74) is 0.419. The molecule has 4 nitrogen and oxygen atoms in total. The average Bonchev–Trinajstić information content (AvgIpc) is 2.49. The number of hydrogen-bond donors (Lipinski definition) is 1. The number of unbranched alkanes of at least 4 members (excludes halogenated alkanes) is 2. The third-order valence-corrected chi connectivity index (χ3v) is 2.33. The van der Waals surface area contributed by atoms with Crippen molar-refractivity contribution >= 4 is 0 Å². The largest absolute Gasteiger partial charge is 0.438 e. The normalized spacial score (nSPS) is 11.9. The fourth-order valence-electron chi connectivity index (χ4n) is 1.49. The van der Waals surface area contributed by atoms with Crippen LogP contribution in [0.25, 0.3) is 0 Å². The van der Waals surface area contributed by atoms with Crippen molar-refractivity contribution in [2.24, 2.45) is 5.41 Å². The molecule has 1 N–H and O–H groups in total. The third-order valence-electron chi connectivity index (χ3n) is 2.33. The Morgan fingerprint density at radius 3 is 2.53 bits per heavy atom. The highest BCUT2D eigenvalue weighted by atomic mass is 16.5. The van der Waals surface area contributed by atoms with Gasteiger partial charge in [0.2, 0.25) is 0 Å². The van der Waals surface area contributed by atoms with E-state index in [1.165, 1.54) is 19.3 Å². The lowest BCUT2D eigenvalue weighted by Gasteiger charge is -2.17. The maximum atomic E-state index is 10.6. The molecule has 0 spiro atoms. The van der Waals surface area contributed by atoms with E-state index in [1.54, 1.807) is 0 Å². The summed E-state index contributed by atoms with van der Waals surface area (Å²) in [4.78, 5) is 13.2. The number of rotatable bonds is 5. The number of aromatic amines is 1. The Bertz CT molecular complexity index is 333. The lowest BCUT2D eigenvalue weighted by atomic mass is 9.89. The van der Waals surface area contributed by atoms with Crippen molar-refractivity contribution in [2.75, 3.05) is 0 Å². The minimum absolute atomic E-state index is 0.419.